The van der Waals surface area contributed by atoms with Crippen molar-refractivity contribution in [2.75, 3.05) is 19.7 Å². The highest BCUT2D eigenvalue weighted by atomic mass is 16.3. The van der Waals surface area contributed by atoms with Crippen molar-refractivity contribution in [2.24, 2.45) is 11.3 Å². The lowest BCUT2D eigenvalue weighted by molar-refractivity contribution is 0.113. The van der Waals surface area contributed by atoms with Crippen LogP contribution >= 0.6 is 0 Å². The van der Waals surface area contributed by atoms with Crippen molar-refractivity contribution in [3.63, 3.8) is 0 Å². The fourth-order valence-electron chi connectivity index (χ4n) is 1.52. The van der Waals surface area contributed by atoms with Crippen LogP contribution in [0, 0.1) is 11.3 Å². The average Bonchev–Trinajstić information content (AvgIpc) is 2.19. The third-order valence-corrected chi connectivity index (χ3v) is 3.23. The van der Waals surface area contributed by atoms with Gasteiger partial charge >= 0.3 is 0 Å². The molecule has 86 valence electrons. The molecule has 0 aliphatic carbocycles. The zero-order chi connectivity index (χ0) is 11.0. The molecular weight excluding hydrogens is 174 g/mol. The lowest BCUT2D eigenvalue weighted by Gasteiger charge is -2.29. The number of nitrogens with one attached hydrogen (secondary N) is 1. The first kappa shape index (κ1) is 13.9. The van der Waals surface area contributed by atoms with E-state index < -0.39 is 0 Å². The van der Waals surface area contributed by atoms with E-state index in [-0.39, 0.29) is 5.41 Å². The van der Waals surface area contributed by atoms with Gasteiger partial charge in [0.25, 0.3) is 0 Å². The second-order valence-electron chi connectivity index (χ2n) is 4.72. The number of aliphatic hydroxyl groups is 1. The molecule has 0 aromatic rings. The van der Waals surface area contributed by atoms with Crippen LogP contribution in [0.1, 0.15) is 47.0 Å². The Labute approximate surface area is 89.1 Å². The summed E-state index contributed by atoms with van der Waals surface area (Å²) in [6.07, 6.45) is 3.32. The molecule has 0 aromatic heterocycles. The molecule has 2 nitrogen and oxygen atoms in total. The lowest BCUT2D eigenvalue weighted by atomic mass is 9.83. The summed E-state index contributed by atoms with van der Waals surface area (Å²) in [5.41, 5.74) is 0.108. The maximum absolute atomic E-state index is 9.35. The van der Waals surface area contributed by atoms with Crippen LogP contribution in [-0.4, -0.2) is 24.8 Å². The van der Waals surface area contributed by atoms with Gasteiger partial charge in [-0.25, -0.2) is 0 Å². The lowest BCUT2D eigenvalue weighted by Crippen LogP contribution is -2.37. The molecule has 0 amide bonds. The van der Waals surface area contributed by atoms with E-state index in [1.807, 2.05) is 0 Å². The standard InChI is InChI=1S/C12H27NO/c1-5-12(6-2,10-14)9-13-8-7-11(3)4/h11,13-14H,5-10H2,1-4H3. The summed E-state index contributed by atoms with van der Waals surface area (Å²) in [5.74, 6) is 0.759. The van der Waals surface area contributed by atoms with Gasteiger partial charge in [0.2, 0.25) is 0 Å². The fourth-order valence-corrected chi connectivity index (χ4v) is 1.52. The summed E-state index contributed by atoms with van der Waals surface area (Å²) in [7, 11) is 0. The summed E-state index contributed by atoms with van der Waals surface area (Å²) in [5, 5.41) is 12.8. The molecule has 0 fully saturated rings. The summed E-state index contributed by atoms with van der Waals surface area (Å²) < 4.78 is 0. The first-order chi connectivity index (χ1) is 6.60. The van der Waals surface area contributed by atoms with Crippen LogP contribution in [-0.2, 0) is 0 Å². The molecule has 0 unspecified atom stereocenters. The van der Waals surface area contributed by atoms with Crippen LogP contribution in [0.3, 0.4) is 0 Å². The molecule has 0 saturated carbocycles. The molecule has 0 atom stereocenters. The van der Waals surface area contributed by atoms with Crippen LogP contribution in [0.2, 0.25) is 0 Å². The van der Waals surface area contributed by atoms with Crippen LogP contribution in [0.15, 0.2) is 0 Å². The maximum Gasteiger partial charge on any atom is 0.0499 e. The smallest absolute Gasteiger partial charge is 0.0499 e. The zero-order valence-electron chi connectivity index (χ0n) is 10.3. The van der Waals surface area contributed by atoms with Gasteiger partial charge < -0.3 is 10.4 Å². The Bertz CT molecular complexity index is 122. The summed E-state index contributed by atoms with van der Waals surface area (Å²) in [6, 6.07) is 0. The molecule has 2 heteroatoms. The molecule has 0 aliphatic rings. The largest absolute Gasteiger partial charge is 0.396 e. The van der Waals surface area contributed by atoms with Crippen molar-refractivity contribution in [1.82, 2.24) is 5.32 Å². The predicted molar refractivity (Wildman–Crippen MR) is 62.4 cm³/mol. The quantitative estimate of drug-likeness (QED) is 0.591. The summed E-state index contributed by atoms with van der Waals surface area (Å²) in [4.78, 5) is 0. The van der Waals surface area contributed by atoms with Crippen LogP contribution in [0.4, 0.5) is 0 Å². The third-order valence-electron chi connectivity index (χ3n) is 3.23. The van der Waals surface area contributed by atoms with E-state index in [1.54, 1.807) is 0 Å². The Morgan fingerprint density at radius 1 is 1.21 bits per heavy atom. The maximum atomic E-state index is 9.35. The van der Waals surface area contributed by atoms with Crippen molar-refractivity contribution >= 4 is 0 Å². The monoisotopic (exact) mass is 201 g/mol. The van der Waals surface area contributed by atoms with E-state index in [1.165, 1.54) is 6.42 Å². The van der Waals surface area contributed by atoms with E-state index in [4.69, 9.17) is 0 Å². The minimum atomic E-state index is 0.108. The molecular formula is C12H27NO. The Hall–Kier alpha value is -0.0800. The van der Waals surface area contributed by atoms with E-state index in [2.05, 4.69) is 33.0 Å². The van der Waals surface area contributed by atoms with Crippen LogP contribution in [0.5, 0.6) is 0 Å². The number of hydrogen-bond donors (Lipinski definition) is 2. The molecule has 0 aliphatic heterocycles. The van der Waals surface area contributed by atoms with Gasteiger partial charge in [0, 0.05) is 18.6 Å². The Morgan fingerprint density at radius 2 is 1.79 bits per heavy atom. The highest BCUT2D eigenvalue weighted by Crippen LogP contribution is 2.24. The molecule has 0 rings (SSSR count). The van der Waals surface area contributed by atoms with Gasteiger partial charge in [-0.1, -0.05) is 27.7 Å². The van der Waals surface area contributed by atoms with Crippen molar-refractivity contribution in [1.29, 1.82) is 0 Å². The molecule has 14 heavy (non-hydrogen) atoms. The number of rotatable bonds is 8. The Morgan fingerprint density at radius 3 is 2.14 bits per heavy atom. The van der Waals surface area contributed by atoms with Gasteiger partial charge in [0.1, 0.15) is 0 Å². The van der Waals surface area contributed by atoms with Crippen molar-refractivity contribution in [3.05, 3.63) is 0 Å². The summed E-state index contributed by atoms with van der Waals surface area (Å²) in [6.45, 7) is 11.1. The molecule has 2 N–H and O–H groups in total. The molecule has 0 spiro atoms. The van der Waals surface area contributed by atoms with Gasteiger partial charge in [0.15, 0.2) is 0 Å². The fraction of sp³-hybridized carbons (Fsp3) is 1.00. The molecule has 0 heterocycles. The summed E-state index contributed by atoms with van der Waals surface area (Å²) >= 11 is 0. The molecule has 0 saturated heterocycles. The SMILES string of the molecule is CCC(CC)(CO)CNCCC(C)C. The second kappa shape index (κ2) is 7.24. The topological polar surface area (TPSA) is 32.3 Å². The zero-order valence-corrected chi connectivity index (χ0v) is 10.3. The van der Waals surface area contributed by atoms with Gasteiger partial charge in [-0.15, -0.1) is 0 Å². The van der Waals surface area contributed by atoms with Crippen molar-refractivity contribution < 1.29 is 5.11 Å². The van der Waals surface area contributed by atoms with E-state index in [0.717, 1.165) is 31.8 Å². The van der Waals surface area contributed by atoms with Crippen LogP contribution in [0.25, 0.3) is 0 Å². The Kier molecular flexibility index (Phi) is 7.20. The molecule has 0 radical (unpaired) electrons. The first-order valence-electron chi connectivity index (χ1n) is 5.91. The molecule has 0 bridgehead atoms. The number of hydrogen-bond acceptors (Lipinski definition) is 2. The van der Waals surface area contributed by atoms with Gasteiger partial charge in [-0.05, 0) is 31.7 Å². The number of aliphatic hydroxyl groups excluding tert-OH is 1. The van der Waals surface area contributed by atoms with E-state index >= 15 is 0 Å². The van der Waals surface area contributed by atoms with Gasteiger partial charge in [-0.2, -0.15) is 0 Å². The van der Waals surface area contributed by atoms with Crippen molar-refractivity contribution in [3.8, 4) is 0 Å². The third kappa shape index (κ3) is 4.97. The Balaban J connectivity index is 3.71. The van der Waals surface area contributed by atoms with Gasteiger partial charge in [-0.3, -0.25) is 0 Å². The predicted octanol–water partition coefficient (Wildman–Crippen LogP) is 2.42. The minimum absolute atomic E-state index is 0.108. The minimum Gasteiger partial charge on any atom is -0.396 e. The first-order valence-corrected chi connectivity index (χ1v) is 5.91. The van der Waals surface area contributed by atoms with E-state index in [0.29, 0.717) is 6.61 Å². The highest BCUT2D eigenvalue weighted by Gasteiger charge is 2.24. The molecule has 0 aromatic carbocycles. The average molecular weight is 201 g/mol. The van der Waals surface area contributed by atoms with E-state index in [9.17, 15) is 5.11 Å². The van der Waals surface area contributed by atoms with Crippen LogP contribution < -0.4 is 5.32 Å². The normalized spacial score (nSPS) is 12.4. The van der Waals surface area contributed by atoms with Crippen molar-refractivity contribution in [2.45, 2.75) is 47.0 Å². The second-order valence-corrected chi connectivity index (χ2v) is 4.72. The van der Waals surface area contributed by atoms with Gasteiger partial charge in [0.05, 0.1) is 0 Å². The highest BCUT2D eigenvalue weighted by molar-refractivity contribution is 4.78.